The van der Waals surface area contributed by atoms with Crippen LogP contribution in [0.25, 0.3) is 0 Å². The third-order valence-corrected chi connectivity index (χ3v) is 4.38. The average Bonchev–Trinajstić information content (AvgIpc) is 2.81. The van der Waals surface area contributed by atoms with Crippen LogP contribution in [0.4, 0.5) is 5.69 Å². The smallest absolute Gasteiger partial charge is 0.359 e. The van der Waals surface area contributed by atoms with Gasteiger partial charge in [-0.3, -0.25) is 4.68 Å². The molecule has 0 amide bonds. The summed E-state index contributed by atoms with van der Waals surface area (Å²) in [5, 5.41) is 8.47. The van der Waals surface area contributed by atoms with Crippen molar-refractivity contribution in [2.24, 2.45) is 10.9 Å². The quantitative estimate of drug-likeness (QED) is 0.290. The van der Waals surface area contributed by atoms with E-state index in [1.807, 2.05) is 6.92 Å². The molecule has 0 radical (unpaired) electrons. The number of nitrogen functional groups attached to an aromatic ring is 1. The van der Waals surface area contributed by atoms with Gasteiger partial charge in [0.2, 0.25) is 0 Å². The van der Waals surface area contributed by atoms with Gasteiger partial charge < -0.3 is 16.3 Å². The van der Waals surface area contributed by atoms with E-state index in [1.54, 1.807) is 39.0 Å². The molecular formula is C16H20ClN5O2. The monoisotopic (exact) mass is 349 g/mol. The van der Waals surface area contributed by atoms with E-state index in [0.717, 1.165) is 5.56 Å². The number of carbonyl (C=O) groups excluding carboxylic acids is 1. The molecule has 0 fully saturated rings. The van der Waals surface area contributed by atoms with Crippen LogP contribution in [-0.2, 0) is 9.63 Å². The Balaban J connectivity index is 2.17. The summed E-state index contributed by atoms with van der Waals surface area (Å²) in [6, 6.07) is 4.58. The maximum Gasteiger partial charge on any atom is 0.359 e. The summed E-state index contributed by atoms with van der Waals surface area (Å²) >= 11 is 6.09. The minimum Gasteiger partial charge on any atom is -0.398 e. The zero-order chi connectivity index (χ0) is 18.0. The highest BCUT2D eigenvalue weighted by molar-refractivity contribution is 6.31. The van der Waals surface area contributed by atoms with Crippen molar-refractivity contribution in [1.82, 2.24) is 9.78 Å². The first-order valence-corrected chi connectivity index (χ1v) is 7.72. The Labute approximate surface area is 145 Å². The van der Waals surface area contributed by atoms with Crippen molar-refractivity contribution in [3.63, 3.8) is 0 Å². The Morgan fingerprint density at radius 1 is 1.38 bits per heavy atom. The van der Waals surface area contributed by atoms with Crippen LogP contribution in [0.3, 0.4) is 0 Å². The Morgan fingerprint density at radius 3 is 2.62 bits per heavy atom. The topological polar surface area (TPSA) is 109 Å². The van der Waals surface area contributed by atoms with E-state index in [4.69, 9.17) is 27.9 Å². The Morgan fingerprint density at radius 2 is 2.04 bits per heavy atom. The predicted octanol–water partition coefficient (Wildman–Crippen LogP) is 2.47. The molecule has 0 saturated carbocycles. The second kappa shape index (κ2) is 6.92. The van der Waals surface area contributed by atoms with Crippen LogP contribution in [0.5, 0.6) is 0 Å². The van der Waals surface area contributed by atoms with E-state index in [9.17, 15) is 4.79 Å². The summed E-state index contributed by atoms with van der Waals surface area (Å²) in [4.78, 5) is 17.1. The second-order valence-corrected chi connectivity index (χ2v) is 5.89. The number of carbonyl (C=O) groups is 1. The van der Waals surface area contributed by atoms with Crippen LogP contribution < -0.4 is 11.5 Å². The number of halogens is 1. The van der Waals surface area contributed by atoms with Gasteiger partial charge in [-0.15, -0.1) is 0 Å². The summed E-state index contributed by atoms with van der Waals surface area (Å²) in [6.07, 6.45) is 0. The van der Waals surface area contributed by atoms with Crippen LogP contribution in [0, 0.1) is 20.8 Å². The van der Waals surface area contributed by atoms with E-state index in [-0.39, 0.29) is 5.84 Å². The third kappa shape index (κ3) is 3.35. The summed E-state index contributed by atoms with van der Waals surface area (Å²) in [5.41, 5.74) is 15.0. The Hall–Kier alpha value is -2.54. The normalized spacial score (nSPS) is 13.0. The molecule has 0 bridgehead atoms. The molecule has 4 N–H and O–H groups in total. The second-order valence-electron chi connectivity index (χ2n) is 5.51. The molecule has 0 saturated heterocycles. The van der Waals surface area contributed by atoms with E-state index in [2.05, 4.69) is 10.3 Å². The highest BCUT2D eigenvalue weighted by Crippen LogP contribution is 2.22. The van der Waals surface area contributed by atoms with E-state index >= 15 is 0 Å². The molecule has 0 aliphatic heterocycles. The molecule has 0 spiro atoms. The molecule has 24 heavy (non-hydrogen) atoms. The molecular weight excluding hydrogens is 330 g/mol. The molecule has 1 unspecified atom stereocenters. The molecule has 2 rings (SSSR count). The zero-order valence-corrected chi connectivity index (χ0v) is 14.8. The number of aryl methyl sites for hydroxylation is 1. The number of aromatic nitrogens is 2. The van der Waals surface area contributed by atoms with E-state index < -0.39 is 12.0 Å². The van der Waals surface area contributed by atoms with Gasteiger partial charge >= 0.3 is 5.97 Å². The molecule has 2 aromatic rings. The maximum atomic E-state index is 12.2. The lowest BCUT2D eigenvalue weighted by molar-refractivity contribution is -0.147. The number of nitrogens with zero attached hydrogens (tertiary/aromatic N) is 3. The highest BCUT2D eigenvalue weighted by Gasteiger charge is 2.22. The molecule has 1 aromatic heterocycles. The van der Waals surface area contributed by atoms with Crippen molar-refractivity contribution in [2.45, 2.75) is 33.7 Å². The molecule has 1 atom stereocenters. The van der Waals surface area contributed by atoms with Crippen molar-refractivity contribution in [1.29, 1.82) is 0 Å². The van der Waals surface area contributed by atoms with Gasteiger partial charge in [-0.1, -0.05) is 28.9 Å². The fourth-order valence-electron chi connectivity index (χ4n) is 2.27. The van der Waals surface area contributed by atoms with Gasteiger partial charge in [0, 0.05) is 11.3 Å². The highest BCUT2D eigenvalue weighted by atomic mass is 35.5. The maximum absolute atomic E-state index is 12.2. The fourth-order valence-corrected chi connectivity index (χ4v) is 2.39. The number of rotatable bonds is 4. The lowest BCUT2D eigenvalue weighted by Crippen LogP contribution is -2.22. The van der Waals surface area contributed by atoms with Gasteiger partial charge in [0.1, 0.15) is 6.04 Å². The van der Waals surface area contributed by atoms with Crippen molar-refractivity contribution >= 4 is 29.1 Å². The van der Waals surface area contributed by atoms with Gasteiger partial charge in [0.05, 0.1) is 16.4 Å². The van der Waals surface area contributed by atoms with Crippen molar-refractivity contribution < 1.29 is 9.63 Å². The predicted molar refractivity (Wildman–Crippen MR) is 93.8 cm³/mol. The summed E-state index contributed by atoms with van der Waals surface area (Å²) in [7, 11) is 0. The number of amidine groups is 1. The summed E-state index contributed by atoms with van der Waals surface area (Å²) in [6.45, 7) is 7.01. The van der Waals surface area contributed by atoms with Gasteiger partial charge in [-0.2, -0.15) is 5.10 Å². The largest absolute Gasteiger partial charge is 0.398 e. The number of anilines is 1. The van der Waals surface area contributed by atoms with E-state index in [1.165, 1.54) is 4.68 Å². The van der Waals surface area contributed by atoms with Crippen LogP contribution >= 0.6 is 11.6 Å². The first-order valence-electron chi connectivity index (χ1n) is 7.35. The number of hydrogen-bond donors (Lipinski definition) is 2. The fraction of sp³-hybridized carbons (Fsp3) is 0.312. The minimum absolute atomic E-state index is 0.0757. The molecule has 8 heteroatoms. The molecule has 0 aliphatic rings. The Kier molecular flexibility index (Phi) is 5.14. The third-order valence-electron chi connectivity index (χ3n) is 3.83. The van der Waals surface area contributed by atoms with Crippen LogP contribution in [0.2, 0.25) is 5.02 Å². The average molecular weight is 350 g/mol. The van der Waals surface area contributed by atoms with Crippen molar-refractivity contribution in [3.8, 4) is 0 Å². The van der Waals surface area contributed by atoms with Gasteiger partial charge in [-0.05, 0) is 39.3 Å². The van der Waals surface area contributed by atoms with Gasteiger partial charge in [0.15, 0.2) is 5.84 Å². The Bertz CT molecular complexity index is 813. The first kappa shape index (κ1) is 17.8. The van der Waals surface area contributed by atoms with Crippen LogP contribution in [0.15, 0.2) is 23.4 Å². The van der Waals surface area contributed by atoms with Gasteiger partial charge in [-0.25, -0.2) is 4.79 Å². The SMILES string of the molecule is Cc1nn(C(C)C(=O)O/N=C(\N)c2cccc(N)c2C)c(C)c1Cl. The molecule has 7 nitrogen and oxygen atoms in total. The molecule has 1 heterocycles. The first-order chi connectivity index (χ1) is 11.2. The lowest BCUT2D eigenvalue weighted by atomic mass is 10.1. The van der Waals surface area contributed by atoms with E-state index in [0.29, 0.717) is 27.7 Å². The number of benzene rings is 1. The minimum atomic E-state index is -0.685. The van der Waals surface area contributed by atoms with Crippen LogP contribution in [0.1, 0.15) is 35.5 Å². The molecule has 1 aromatic carbocycles. The zero-order valence-electron chi connectivity index (χ0n) is 14.0. The summed E-state index contributed by atoms with van der Waals surface area (Å²) < 4.78 is 1.50. The lowest BCUT2D eigenvalue weighted by Gasteiger charge is -2.11. The van der Waals surface area contributed by atoms with Crippen LogP contribution in [-0.4, -0.2) is 21.6 Å². The molecule has 0 aliphatic carbocycles. The standard InChI is InChI=1S/C16H20ClN5O2/c1-8-12(6-5-7-13(8)18)15(19)21-24-16(23)11(4)22-10(3)14(17)9(2)20-22/h5-7,11H,18H2,1-4H3,(H2,19,21). The van der Waals surface area contributed by atoms with Gasteiger partial charge in [0.25, 0.3) is 0 Å². The van der Waals surface area contributed by atoms with Crippen molar-refractivity contribution in [3.05, 3.63) is 45.7 Å². The molecule has 128 valence electrons. The number of hydrogen-bond acceptors (Lipinski definition) is 5. The summed E-state index contributed by atoms with van der Waals surface area (Å²) in [5.74, 6) is -0.520. The van der Waals surface area contributed by atoms with Crippen molar-refractivity contribution in [2.75, 3.05) is 5.73 Å². The number of nitrogens with two attached hydrogens (primary N) is 2. The number of oxime groups is 1.